The first-order chi connectivity index (χ1) is 8.06. The molecule has 0 spiro atoms. The molecule has 2 nitrogen and oxygen atoms in total. The van der Waals surface area contributed by atoms with E-state index in [1.807, 2.05) is 12.1 Å². The van der Waals surface area contributed by atoms with Crippen LogP contribution in [0.2, 0.25) is 0 Å². The van der Waals surface area contributed by atoms with Gasteiger partial charge in [-0.05, 0) is 46.3 Å². The Morgan fingerprint density at radius 1 is 1.35 bits per heavy atom. The Morgan fingerprint density at radius 2 is 2.12 bits per heavy atom. The highest BCUT2D eigenvalue weighted by Crippen LogP contribution is 2.23. The van der Waals surface area contributed by atoms with Crippen molar-refractivity contribution in [3.05, 3.63) is 50.4 Å². The van der Waals surface area contributed by atoms with Gasteiger partial charge in [0.1, 0.15) is 5.82 Å². The van der Waals surface area contributed by atoms with E-state index in [-0.39, 0.29) is 17.9 Å². The number of hydrogen-bond donors (Lipinski definition) is 1. The van der Waals surface area contributed by atoms with Gasteiger partial charge in [0.25, 0.3) is 0 Å². The van der Waals surface area contributed by atoms with Gasteiger partial charge in [-0.3, -0.25) is 4.79 Å². The second kappa shape index (κ2) is 4.98. The Kier molecular flexibility index (Phi) is 3.59. The van der Waals surface area contributed by atoms with E-state index < -0.39 is 5.82 Å². The average molecular weight is 314 g/mol. The van der Waals surface area contributed by atoms with Crippen molar-refractivity contribution in [3.8, 4) is 0 Å². The van der Waals surface area contributed by atoms with Crippen molar-refractivity contribution < 1.29 is 9.18 Å². The monoisotopic (exact) mass is 313 g/mol. The zero-order valence-corrected chi connectivity index (χ0v) is 11.1. The van der Waals surface area contributed by atoms with Crippen molar-refractivity contribution in [3.63, 3.8) is 0 Å². The Labute approximate surface area is 110 Å². The lowest BCUT2D eigenvalue weighted by molar-refractivity contribution is 0.0993. The maximum Gasteiger partial charge on any atom is 0.168 e. The largest absolute Gasteiger partial charge is 0.396 e. The van der Waals surface area contributed by atoms with Crippen molar-refractivity contribution >= 4 is 38.7 Å². The normalized spacial score (nSPS) is 10.5. The fourth-order valence-corrected chi connectivity index (χ4v) is 2.89. The summed E-state index contributed by atoms with van der Waals surface area (Å²) in [5, 5.41) is 0. The summed E-state index contributed by atoms with van der Waals surface area (Å²) in [6.45, 7) is 0. The number of rotatable bonds is 3. The smallest absolute Gasteiger partial charge is 0.168 e. The first-order valence-electron chi connectivity index (χ1n) is 4.88. The van der Waals surface area contributed by atoms with E-state index in [0.717, 1.165) is 8.66 Å². The van der Waals surface area contributed by atoms with Crippen LogP contribution < -0.4 is 5.73 Å². The summed E-state index contributed by atoms with van der Waals surface area (Å²) in [5.74, 6) is -0.665. The number of carbonyl (C=O) groups is 1. The lowest BCUT2D eigenvalue weighted by atomic mass is 10.1. The van der Waals surface area contributed by atoms with Crippen molar-refractivity contribution in [1.29, 1.82) is 0 Å². The molecule has 0 saturated heterocycles. The second-order valence-electron chi connectivity index (χ2n) is 3.54. The van der Waals surface area contributed by atoms with Gasteiger partial charge >= 0.3 is 0 Å². The van der Waals surface area contributed by atoms with Crippen LogP contribution in [-0.2, 0) is 6.42 Å². The summed E-state index contributed by atoms with van der Waals surface area (Å²) in [4.78, 5) is 12.8. The zero-order valence-electron chi connectivity index (χ0n) is 8.74. The van der Waals surface area contributed by atoms with Crippen LogP contribution in [0.5, 0.6) is 0 Å². The molecular formula is C12H9BrFNOS. The molecule has 0 saturated carbocycles. The van der Waals surface area contributed by atoms with Gasteiger partial charge in [-0.15, -0.1) is 11.3 Å². The predicted molar refractivity (Wildman–Crippen MR) is 70.9 cm³/mol. The van der Waals surface area contributed by atoms with Crippen LogP contribution in [0.1, 0.15) is 15.2 Å². The molecule has 0 fully saturated rings. The average Bonchev–Trinajstić information content (AvgIpc) is 2.68. The summed E-state index contributed by atoms with van der Waals surface area (Å²) in [7, 11) is 0. The molecule has 0 unspecified atom stereocenters. The minimum absolute atomic E-state index is 0.0559. The van der Waals surface area contributed by atoms with Gasteiger partial charge in [0.15, 0.2) is 5.78 Å². The molecule has 2 aromatic rings. The zero-order chi connectivity index (χ0) is 12.4. The highest BCUT2D eigenvalue weighted by Gasteiger charge is 2.10. The van der Waals surface area contributed by atoms with Crippen LogP contribution >= 0.6 is 27.3 Å². The van der Waals surface area contributed by atoms with E-state index in [1.165, 1.54) is 23.5 Å². The number of Topliss-reactive ketones (excluding diaryl/α,β-unsaturated/α-hetero) is 1. The van der Waals surface area contributed by atoms with Crippen LogP contribution in [-0.4, -0.2) is 5.78 Å². The van der Waals surface area contributed by atoms with E-state index in [4.69, 9.17) is 5.73 Å². The number of benzene rings is 1. The van der Waals surface area contributed by atoms with Crippen LogP contribution in [0.3, 0.4) is 0 Å². The number of nitrogen functional groups attached to an aromatic ring is 1. The fourth-order valence-electron chi connectivity index (χ4n) is 1.41. The second-order valence-corrected chi connectivity index (χ2v) is 6.09. The quantitative estimate of drug-likeness (QED) is 0.694. The molecule has 0 aliphatic rings. The van der Waals surface area contributed by atoms with Crippen LogP contribution in [0.4, 0.5) is 10.1 Å². The number of nitrogens with two attached hydrogens (primary N) is 1. The van der Waals surface area contributed by atoms with Crippen molar-refractivity contribution in [1.82, 2.24) is 0 Å². The molecule has 2 N–H and O–H groups in total. The molecule has 0 bridgehead atoms. The Hall–Kier alpha value is -1.20. The first kappa shape index (κ1) is 12.3. The molecule has 88 valence electrons. The third-order valence-corrected chi connectivity index (χ3v) is 3.91. The Balaban J connectivity index is 2.17. The molecule has 0 atom stereocenters. The highest BCUT2D eigenvalue weighted by molar-refractivity contribution is 9.11. The van der Waals surface area contributed by atoms with Crippen molar-refractivity contribution in [2.24, 2.45) is 0 Å². The van der Waals surface area contributed by atoms with E-state index in [2.05, 4.69) is 15.9 Å². The van der Waals surface area contributed by atoms with Crippen LogP contribution in [0, 0.1) is 5.82 Å². The number of ketones is 1. The standard InChI is InChI=1S/C12H9BrFNOS/c13-12-4-2-8(17-12)6-11(16)7-1-3-10(15)9(14)5-7/h1-5H,6,15H2. The molecule has 2 rings (SSSR count). The molecule has 1 aromatic heterocycles. The summed E-state index contributed by atoms with van der Waals surface area (Å²) >= 11 is 4.83. The Bertz CT molecular complexity index is 567. The van der Waals surface area contributed by atoms with E-state index in [9.17, 15) is 9.18 Å². The molecule has 17 heavy (non-hydrogen) atoms. The van der Waals surface area contributed by atoms with Gasteiger partial charge < -0.3 is 5.73 Å². The topological polar surface area (TPSA) is 43.1 Å². The Morgan fingerprint density at radius 3 is 2.71 bits per heavy atom. The SMILES string of the molecule is Nc1ccc(C(=O)Cc2ccc(Br)s2)cc1F. The lowest BCUT2D eigenvalue weighted by Gasteiger charge is -2.01. The summed E-state index contributed by atoms with van der Waals surface area (Å²) in [5.41, 5.74) is 5.76. The molecule has 1 heterocycles. The minimum atomic E-state index is -0.553. The third-order valence-electron chi connectivity index (χ3n) is 2.29. The highest BCUT2D eigenvalue weighted by atomic mass is 79.9. The molecule has 0 aliphatic carbocycles. The first-order valence-corrected chi connectivity index (χ1v) is 6.49. The molecule has 0 aliphatic heterocycles. The number of carbonyl (C=O) groups excluding carboxylic acids is 1. The van der Waals surface area contributed by atoms with Gasteiger partial charge in [-0.25, -0.2) is 4.39 Å². The van der Waals surface area contributed by atoms with Crippen molar-refractivity contribution in [2.45, 2.75) is 6.42 Å². The molecule has 5 heteroatoms. The van der Waals surface area contributed by atoms with Crippen molar-refractivity contribution in [2.75, 3.05) is 5.73 Å². The lowest BCUT2D eigenvalue weighted by Crippen LogP contribution is -2.03. The van der Waals surface area contributed by atoms with Gasteiger partial charge in [-0.1, -0.05) is 0 Å². The maximum absolute atomic E-state index is 13.2. The molecule has 1 aromatic carbocycles. The predicted octanol–water partition coefficient (Wildman–Crippen LogP) is 3.66. The van der Waals surface area contributed by atoms with Gasteiger partial charge in [0.2, 0.25) is 0 Å². The fraction of sp³-hybridized carbons (Fsp3) is 0.0833. The molecule has 0 amide bonds. The van der Waals surface area contributed by atoms with E-state index in [0.29, 0.717) is 5.56 Å². The maximum atomic E-state index is 13.2. The molecule has 0 radical (unpaired) electrons. The summed E-state index contributed by atoms with van der Waals surface area (Å²) in [6, 6.07) is 7.90. The van der Waals surface area contributed by atoms with E-state index >= 15 is 0 Å². The van der Waals surface area contributed by atoms with Gasteiger partial charge in [0.05, 0.1) is 9.47 Å². The number of hydrogen-bond acceptors (Lipinski definition) is 3. The third kappa shape index (κ3) is 2.92. The number of anilines is 1. The van der Waals surface area contributed by atoms with Crippen LogP contribution in [0.25, 0.3) is 0 Å². The van der Waals surface area contributed by atoms with E-state index in [1.54, 1.807) is 6.07 Å². The van der Waals surface area contributed by atoms with Crippen LogP contribution in [0.15, 0.2) is 34.1 Å². The number of halogens is 2. The van der Waals surface area contributed by atoms with Gasteiger partial charge in [0, 0.05) is 16.9 Å². The molecular weight excluding hydrogens is 305 g/mol. The minimum Gasteiger partial charge on any atom is -0.396 e. The van der Waals surface area contributed by atoms with Gasteiger partial charge in [-0.2, -0.15) is 0 Å². The summed E-state index contributed by atoms with van der Waals surface area (Å²) in [6.07, 6.45) is 0.277. The summed E-state index contributed by atoms with van der Waals surface area (Å²) < 4.78 is 14.2. The number of thiophene rings is 1.